The maximum atomic E-state index is 5.72. The van der Waals surface area contributed by atoms with Crippen LogP contribution in [0.25, 0.3) is 0 Å². The fraction of sp³-hybridized carbons (Fsp3) is 0.684. The Kier molecular flexibility index (Phi) is 7.83. The topological polar surface area (TPSA) is 21.3 Å². The molecule has 0 saturated carbocycles. The van der Waals surface area contributed by atoms with E-state index in [9.17, 15) is 0 Å². The molecule has 2 unspecified atom stereocenters. The normalized spacial score (nSPS) is 19.8. The number of hydrogen-bond acceptors (Lipinski definition) is 2. The highest BCUT2D eigenvalue weighted by Gasteiger charge is 2.16. The molecule has 0 aliphatic carbocycles. The Bertz CT molecular complexity index is 359. The maximum absolute atomic E-state index is 5.72. The van der Waals surface area contributed by atoms with E-state index in [1.54, 1.807) is 0 Å². The predicted octanol–water partition coefficient (Wildman–Crippen LogP) is 4.34. The Hall–Kier alpha value is -0.860. The molecule has 118 valence electrons. The van der Waals surface area contributed by atoms with Crippen LogP contribution in [0.3, 0.4) is 0 Å². The largest absolute Gasteiger partial charge is 0.378 e. The van der Waals surface area contributed by atoms with Crippen molar-refractivity contribution in [3.8, 4) is 0 Å². The molecule has 1 aromatic carbocycles. The lowest BCUT2D eigenvalue weighted by molar-refractivity contribution is 0.101. The average molecular weight is 289 g/mol. The van der Waals surface area contributed by atoms with Gasteiger partial charge in [0, 0.05) is 12.6 Å². The average Bonchev–Trinajstić information content (AvgIpc) is 3.04. The quantitative estimate of drug-likeness (QED) is 0.692. The van der Waals surface area contributed by atoms with Gasteiger partial charge in [-0.2, -0.15) is 0 Å². The first-order valence-electron chi connectivity index (χ1n) is 8.77. The van der Waals surface area contributed by atoms with E-state index >= 15 is 0 Å². The van der Waals surface area contributed by atoms with Crippen LogP contribution < -0.4 is 5.32 Å². The van der Waals surface area contributed by atoms with Crippen molar-refractivity contribution in [2.45, 2.75) is 70.4 Å². The molecule has 1 fully saturated rings. The molecule has 21 heavy (non-hydrogen) atoms. The van der Waals surface area contributed by atoms with Crippen molar-refractivity contribution in [1.29, 1.82) is 0 Å². The van der Waals surface area contributed by atoms with Gasteiger partial charge in [0.05, 0.1) is 6.10 Å². The van der Waals surface area contributed by atoms with Crippen LogP contribution >= 0.6 is 0 Å². The lowest BCUT2D eigenvalue weighted by atomic mass is 9.99. The molecule has 0 bridgehead atoms. The van der Waals surface area contributed by atoms with Gasteiger partial charge in [-0.05, 0) is 63.5 Å². The smallest absolute Gasteiger partial charge is 0.0576 e. The Morgan fingerprint density at radius 1 is 1.24 bits per heavy atom. The third-order valence-electron chi connectivity index (χ3n) is 4.41. The molecule has 1 N–H and O–H groups in total. The van der Waals surface area contributed by atoms with Crippen molar-refractivity contribution in [2.24, 2.45) is 0 Å². The van der Waals surface area contributed by atoms with E-state index in [1.807, 2.05) is 0 Å². The van der Waals surface area contributed by atoms with Crippen LogP contribution in [0.5, 0.6) is 0 Å². The SMILES string of the molecule is CCCNC(CCCC1CCCO1)CCc1ccccc1. The maximum Gasteiger partial charge on any atom is 0.0576 e. The van der Waals surface area contributed by atoms with Crippen LogP contribution in [0, 0.1) is 0 Å². The van der Waals surface area contributed by atoms with Gasteiger partial charge in [0.2, 0.25) is 0 Å². The lowest BCUT2D eigenvalue weighted by Crippen LogP contribution is -2.30. The van der Waals surface area contributed by atoms with E-state index in [0.717, 1.165) is 13.2 Å². The number of ether oxygens (including phenoxy) is 1. The Morgan fingerprint density at radius 3 is 2.81 bits per heavy atom. The van der Waals surface area contributed by atoms with Crippen molar-refractivity contribution < 1.29 is 4.74 Å². The second-order valence-corrected chi connectivity index (χ2v) is 6.24. The van der Waals surface area contributed by atoms with Gasteiger partial charge in [-0.25, -0.2) is 0 Å². The number of hydrogen-bond donors (Lipinski definition) is 1. The molecule has 2 rings (SSSR count). The van der Waals surface area contributed by atoms with Crippen LogP contribution in [0.1, 0.15) is 57.4 Å². The molecule has 1 aliphatic heterocycles. The molecule has 0 spiro atoms. The third kappa shape index (κ3) is 6.62. The first-order valence-corrected chi connectivity index (χ1v) is 8.77. The molecule has 0 radical (unpaired) electrons. The van der Waals surface area contributed by atoms with Gasteiger partial charge in [-0.3, -0.25) is 0 Å². The van der Waals surface area contributed by atoms with E-state index < -0.39 is 0 Å². The fourth-order valence-corrected chi connectivity index (χ4v) is 3.15. The summed E-state index contributed by atoms with van der Waals surface area (Å²) in [6, 6.07) is 11.5. The summed E-state index contributed by atoms with van der Waals surface area (Å²) in [7, 11) is 0. The Morgan fingerprint density at radius 2 is 2.10 bits per heavy atom. The molecule has 2 heteroatoms. The van der Waals surface area contributed by atoms with E-state index in [0.29, 0.717) is 12.1 Å². The summed E-state index contributed by atoms with van der Waals surface area (Å²) in [4.78, 5) is 0. The summed E-state index contributed by atoms with van der Waals surface area (Å²) < 4.78 is 5.72. The Labute approximate surface area is 130 Å². The van der Waals surface area contributed by atoms with Crippen LogP contribution in [0.4, 0.5) is 0 Å². The number of nitrogens with one attached hydrogen (secondary N) is 1. The molecule has 2 atom stereocenters. The van der Waals surface area contributed by atoms with Crippen molar-refractivity contribution in [1.82, 2.24) is 5.32 Å². The molecule has 1 heterocycles. The summed E-state index contributed by atoms with van der Waals surface area (Å²) >= 11 is 0. The second kappa shape index (κ2) is 9.97. The summed E-state index contributed by atoms with van der Waals surface area (Å²) in [6.45, 7) is 4.36. The minimum atomic E-state index is 0.547. The summed E-state index contributed by atoms with van der Waals surface area (Å²) in [6.07, 6.45) is 10.5. The van der Waals surface area contributed by atoms with Crippen LogP contribution in [-0.4, -0.2) is 25.3 Å². The standard InChI is InChI=1S/C19H31NO/c1-2-15-20-18(10-6-11-19-12-7-16-21-19)14-13-17-8-4-3-5-9-17/h3-5,8-9,18-20H,2,6-7,10-16H2,1H3. The van der Waals surface area contributed by atoms with Crippen molar-refractivity contribution in [3.63, 3.8) is 0 Å². The lowest BCUT2D eigenvalue weighted by Gasteiger charge is -2.19. The first kappa shape index (κ1) is 16.5. The van der Waals surface area contributed by atoms with E-state index in [-0.39, 0.29) is 0 Å². The zero-order chi connectivity index (χ0) is 14.8. The summed E-state index contributed by atoms with van der Waals surface area (Å²) in [5.41, 5.74) is 1.46. The number of rotatable bonds is 10. The highest BCUT2D eigenvalue weighted by Crippen LogP contribution is 2.19. The van der Waals surface area contributed by atoms with Crippen molar-refractivity contribution >= 4 is 0 Å². The van der Waals surface area contributed by atoms with Gasteiger partial charge in [0.1, 0.15) is 0 Å². The van der Waals surface area contributed by atoms with Gasteiger partial charge >= 0.3 is 0 Å². The summed E-state index contributed by atoms with van der Waals surface area (Å²) in [5, 5.41) is 3.72. The van der Waals surface area contributed by atoms with Gasteiger partial charge in [0.15, 0.2) is 0 Å². The molecule has 2 nitrogen and oxygen atoms in total. The highest BCUT2D eigenvalue weighted by atomic mass is 16.5. The van der Waals surface area contributed by atoms with Crippen LogP contribution in [-0.2, 0) is 11.2 Å². The molecule has 0 aromatic heterocycles. The van der Waals surface area contributed by atoms with Crippen LogP contribution in [0.15, 0.2) is 30.3 Å². The predicted molar refractivity (Wildman–Crippen MR) is 89.7 cm³/mol. The molecule has 0 amide bonds. The van der Waals surface area contributed by atoms with Gasteiger partial charge in [-0.15, -0.1) is 0 Å². The van der Waals surface area contributed by atoms with Crippen LogP contribution in [0.2, 0.25) is 0 Å². The van der Waals surface area contributed by atoms with Gasteiger partial charge in [0.25, 0.3) is 0 Å². The molecule has 1 aromatic rings. The van der Waals surface area contributed by atoms with E-state index in [1.165, 1.54) is 56.9 Å². The summed E-state index contributed by atoms with van der Waals surface area (Å²) in [5.74, 6) is 0. The first-order chi connectivity index (χ1) is 10.4. The second-order valence-electron chi connectivity index (χ2n) is 6.24. The van der Waals surface area contributed by atoms with Gasteiger partial charge < -0.3 is 10.1 Å². The molecular formula is C19H31NO. The Balaban J connectivity index is 1.68. The minimum Gasteiger partial charge on any atom is -0.378 e. The third-order valence-corrected chi connectivity index (χ3v) is 4.41. The number of benzene rings is 1. The van der Waals surface area contributed by atoms with E-state index in [2.05, 4.69) is 42.6 Å². The van der Waals surface area contributed by atoms with E-state index in [4.69, 9.17) is 4.74 Å². The molecule has 1 saturated heterocycles. The zero-order valence-electron chi connectivity index (χ0n) is 13.5. The monoisotopic (exact) mass is 289 g/mol. The fourth-order valence-electron chi connectivity index (χ4n) is 3.15. The molecular weight excluding hydrogens is 258 g/mol. The van der Waals surface area contributed by atoms with Crippen molar-refractivity contribution in [3.05, 3.63) is 35.9 Å². The highest BCUT2D eigenvalue weighted by molar-refractivity contribution is 5.14. The zero-order valence-corrected chi connectivity index (χ0v) is 13.5. The minimum absolute atomic E-state index is 0.547. The van der Waals surface area contributed by atoms with Gasteiger partial charge in [-0.1, -0.05) is 37.3 Å². The van der Waals surface area contributed by atoms with Crippen molar-refractivity contribution in [2.75, 3.05) is 13.2 Å². The number of aryl methyl sites for hydroxylation is 1. The molecule has 1 aliphatic rings.